The minimum atomic E-state index is -1.33. The molecule has 1 aromatic heterocycles. The summed E-state index contributed by atoms with van der Waals surface area (Å²) in [7, 11) is 0. The zero-order valence-corrected chi connectivity index (χ0v) is 8.58. The van der Waals surface area contributed by atoms with Crippen molar-refractivity contribution in [2.75, 3.05) is 5.75 Å². The molecule has 2 unspecified atom stereocenters. The zero-order chi connectivity index (χ0) is 10.7. The van der Waals surface area contributed by atoms with Gasteiger partial charge < -0.3 is 10.2 Å². The van der Waals surface area contributed by atoms with Crippen LogP contribution in [0.4, 0.5) is 4.39 Å². The summed E-state index contributed by atoms with van der Waals surface area (Å²) in [5, 5.41) is 18.8. The average molecular weight is 217 g/mol. The van der Waals surface area contributed by atoms with E-state index in [1.165, 1.54) is 12.1 Å². The van der Waals surface area contributed by atoms with Crippen LogP contribution in [0.2, 0.25) is 0 Å². The Hall–Kier alpha value is -0.650. The van der Waals surface area contributed by atoms with Gasteiger partial charge in [-0.3, -0.25) is 4.98 Å². The highest BCUT2D eigenvalue weighted by Gasteiger charge is 2.21. The van der Waals surface area contributed by atoms with Crippen LogP contribution in [0.25, 0.3) is 0 Å². The molecule has 1 heterocycles. The van der Waals surface area contributed by atoms with Gasteiger partial charge in [0, 0.05) is 11.4 Å². The molecule has 2 atom stereocenters. The number of aryl methyl sites for hydroxylation is 1. The number of hydrogen-bond donors (Lipinski definition) is 3. The number of rotatable bonds is 3. The number of hydrogen-bond acceptors (Lipinski definition) is 4. The van der Waals surface area contributed by atoms with Gasteiger partial charge in [0.2, 0.25) is 0 Å². The van der Waals surface area contributed by atoms with E-state index in [9.17, 15) is 14.6 Å². The maximum Gasteiger partial charge on any atom is 0.147 e. The molecule has 3 nitrogen and oxygen atoms in total. The monoisotopic (exact) mass is 217 g/mol. The first-order valence-electron chi connectivity index (χ1n) is 4.16. The SMILES string of the molecule is Cc1ccc(F)c(C(O)C(O)CS)n1. The molecule has 0 fully saturated rings. The fourth-order valence-corrected chi connectivity index (χ4v) is 1.25. The van der Waals surface area contributed by atoms with Crippen molar-refractivity contribution < 1.29 is 14.6 Å². The quantitative estimate of drug-likeness (QED) is 0.658. The van der Waals surface area contributed by atoms with Gasteiger partial charge in [-0.05, 0) is 19.1 Å². The summed E-state index contributed by atoms with van der Waals surface area (Å²) in [4.78, 5) is 3.82. The Morgan fingerprint density at radius 1 is 1.50 bits per heavy atom. The summed E-state index contributed by atoms with van der Waals surface area (Å²) in [5.41, 5.74) is 0.457. The summed E-state index contributed by atoms with van der Waals surface area (Å²) in [6, 6.07) is 2.71. The third kappa shape index (κ3) is 2.43. The van der Waals surface area contributed by atoms with E-state index in [2.05, 4.69) is 17.6 Å². The number of aliphatic hydroxyl groups excluding tert-OH is 2. The summed E-state index contributed by atoms with van der Waals surface area (Å²) < 4.78 is 13.2. The molecule has 0 amide bonds. The number of halogens is 1. The van der Waals surface area contributed by atoms with Gasteiger partial charge >= 0.3 is 0 Å². The largest absolute Gasteiger partial charge is 0.389 e. The van der Waals surface area contributed by atoms with E-state index >= 15 is 0 Å². The minimum Gasteiger partial charge on any atom is -0.389 e. The number of nitrogens with zero attached hydrogens (tertiary/aromatic N) is 1. The van der Waals surface area contributed by atoms with Crippen molar-refractivity contribution >= 4 is 12.6 Å². The fraction of sp³-hybridized carbons (Fsp3) is 0.444. The molecule has 2 N–H and O–H groups in total. The molecule has 0 aliphatic rings. The lowest BCUT2D eigenvalue weighted by molar-refractivity contribution is 0.0284. The number of aliphatic hydroxyl groups is 2. The van der Waals surface area contributed by atoms with E-state index < -0.39 is 18.0 Å². The van der Waals surface area contributed by atoms with Gasteiger partial charge in [0.25, 0.3) is 0 Å². The van der Waals surface area contributed by atoms with Crippen molar-refractivity contribution in [1.29, 1.82) is 0 Å². The molecule has 14 heavy (non-hydrogen) atoms. The second kappa shape index (κ2) is 4.72. The van der Waals surface area contributed by atoms with E-state index in [-0.39, 0.29) is 11.4 Å². The predicted octanol–water partition coefficient (Wildman–Crippen LogP) is 0.853. The molecular weight excluding hydrogens is 205 g/mol. The first kappa shape index (κ1) is 11.4. The van der Waals surface area contributed by atoms with Crippen LogP contribution in [0, 0.1) is 12.7 Å². The Morgan fingerprint density at radius 2 is 2.14 bits per heavy atom. The predicted molar refractivity (Wildman–Crippen MR) is 53.8 cm³/mol. The van der Waals surface area contributed by atoms with Crippen molar-refractivity contribution in [3.8, 4) is 0 Å². The summed E-state index contributed by atoms with van der Waals surface area (Å²) >= 11 is 3.80. The van der Waals surface area contributed by atoms with Gasteiger partial charge in [-0.2, -0.15) is 12.6 Å². The van der Waals surface area contributed by atoms with Gasteiger partial charge in [-0.1, -0.05) is 0 Å². The molecule has 0 spiro atoms. The standard InChI is InChI=1S/C9H12FNO2S/c1-5-2-3-6(10)8(11-5)9(13)7(12)4-14/h2-3,7,9,12-14H,4H2,1H3. The Morgan fingerprint density at radius 3 is 2.71 bits per heavy atom. The molecule has 0 radical (unpaired) electrons. The summed E-state index contributed by atoms with van der Waals surface area (Å²) in [6.07, 6.45) is -2.44. The molecular formula is C9H12FNO2S. The third-order valence-corrected chi connectivity index (χ3v) is 2.22. The minimum absolute atomic E-state index is 0.0518. The lowest BCUT2D eigenvalue weighted by Crippen LogP contribution is -2.22. The van der Waals surface area contributed by atoms with E-state index in [1.54, 1.807) is 6.92 Å². The Kier molecular flexibility index (Phi) is 3.86. The maximum absolute atomic E-state index is 13.2. The highest BCUT2D eigenvalue weighted by molar-refractivity contribution is 7.80. The normalized spacial score (nSPS) is 15.2. The molecule has 0 aliphatic heterocycles. The van der Waals surface area contributed by atoms with Crippen LogP contribution in [-0.2, 0) is 0 Å². The average Bonchev–Trinajstić information content (AvgIpc) is 2.19. The van der Waals surface area contributed by atoms with Crippen molar-refractivity contribution in [1.82, 2.24) is 4.98 Å². The van der Waals surface area contributed by atoms with Crippen LogP contribution < -0.4 is 0 Å². The first-order valence-corrected chi connectivity index (χ1v) is 4.79. The van der Waals surface area contributed by atoms with Crippen LogP contribution in [0.3, 0.4) is 0 Å². The van der Waals surface area contributed by atoms with Crippen LogP contribution in [0.1, 0.15) is 17.5 Å². The smallest absolute Gasteiger partial charge is 0.147 e. The van der Waals surface area contributed by atoms with Crippen molar-refractivity contribution in [3.63, 3.8) is 0 Å². The molecule has 0 aliphatic carbocycles. The van der Waals surface area contributed by atoms with Crippen LogP contribution >= 0.6 is 12.6 Å². The summed E-state index contributed by atoms with van der Waals surface area (Å²) in [5.74, 6) is -0.570. The van der Waals surface area contributed by atoms with Crippen LogP contribution in [0.5, 0.6) is 0 Å². The lowest BCUT2D eigenvalue weighted by Gasteiger charge is -2.15. The van der Waals surface area contributed by atoms with E-state index in [4.69, 9.17) is 0 Å². The summed E-state index contributed by atoms with van der Waals surface area (Å²) in [6.45, 7) is 1.68. The molecule has 1 aromatic rings. The highest BCUT2D eigenvalue weighted by atomic mass is 32.1. The third-order valence-electron chi connectivity index (χ3n) is 1.84. The van der Waals surface area contributed by atoms with Gasteiger partial charge in [0.15, 0.2) is 0 Å². The van der Waals surface area contributed by atoms with Gasteiger partial charge in [0.05, 0.1) is 6.10 Å². The van der Waals surface area contributed by atoms with E-state index in [0.717, 1.165) is 0 Å². The van der Waals surface area contributed by atoms with Gasteiger partial charge in [-0.15, -0.1) is 0 Å². The van der Waals surface area contributed by atoms with Crippen LogP contribution in [-0.4, -0.2) is 27.1 Å². The molecule has 0 saturated carbocycles. The van der Waals surface area contributed by atoms with Crippen LogP contribution in [0.15, 0.2) is 12.1 Å². The van der Waals surface area contributed by atoms with E-state index in [0.29, 0.717) is 5.69 Å². The number of pyridine rings is 1. The molecule has 0 bridgehead atoms. The number of thiol groups is 1. The molecule has 78 valence electrons. The second-order valence-electron chi connectivity index (χ2n) is 3.01. The lowest BCUT2D eigenvalue weighted by atomic mass is 10.1. The van der Waals surface area contributed by atoms with Crippen molar-refractivity contribution in [2.24, 2.45) is 0 Å². The van der Waals surface area contributed by atoms with Gasteiger partial charge in [-0.25, -0.2) is 4.39 Å². The topological polar surface area (TPSA) is 53.4 Å². The molecule has 0 aromatic carbocycles. The zero-order valence-electron chi connectivity index (χ0n) is 7.68. The van der Waals surface area contributed by atoms with E-state index in [1.807, 2.05) is 0 Å². The van der Waals surface area contributed by atoms with Gasteiger partial charge in [0.1, 0.15) is 17.6 Å². The Labute approximate surface area is 87.0 Å². The molecule has 1 rings (SSSR count). The maximum atomic E-state index is 13.2. The Bertz CT molecular complexity index is 322. The second-order valence-corrected chi connectivity index (χ2v) is 3.38. The molecule has 5 heteroatoms. The Balaban J connectivity index is 2.99. The highest BCUT2D eigenvalue weighted by Crippen LogP contribution is 2.19. The van der Waals surface area contributed by atoms with Crippen molar-refractivity contribution in [2.45, 2.75) is 19.1 Å². The number of aromatic nitrogens is 1. The fourth-order valence-electron chi connectivity index (χ4n) is 1.05. The molecule has 0 saturated heterocycles. The first-order chi connectivity index (χ1) is 6.56. The van der Waals surface area contributed by atoms with Crippen molar-refractivity contribution in [3.05, 3.63) is 29.3 Å².